The molecule has 1 aliphatic heterocycles. The van der Waals surface area contributed by atoms with Crippen LogP contribution in [-0.4, -0.2) is 35.1 Å². The Morgan fingerprint density at radius 2 is 1.66 bits per heavy atom. The van der Waals surface area contributed by atoms with Crippen LogP contribution in [0.15, 0.2) is 54.6 Å². The zero-order chi connectivity index (χ0) is 20.2. The number of rotatable bonds is 4. The number of hydrogen-bond donors (Lipinski definition) is 2. The second kappa shape index (κ2) is 8.68. The van der Waals surface area contributed by atoms with E-state index in [9.17, 15) is 14.7 Å². The van der Waals surface area contributed by atoms with Crippen LogP contribution in [0.4, 0.5) is 4.79 Å². The molecule has 29 heavy (non-hydrogen) atoms. The molecule has 2 aromatic carbocycles. The minimum absolute atomic E-state index is 0.0919. The fraction of sp³-hybridized carbons (Fsp3) is 0.417. The van der Waals surface area contributed by atoms with Gasteiger partial charge in [-0.15, -0.1) is 0 Å². The van der Waals surface area contributed by atoms with E-state index in [-0.39, 0.29) is 23.9 Å². The van der Waals surface area contributed by atoms with Crippen LogP contribution in [-0.2, 0) is 11.2 Å². The molecule has 5 nitrogen and oxygen atoms in total. The monoisotopic (exact) mass is 392 g/mol. The average Bonchev–Trinajstić information content (AvgIpc) is 2.77. The predicted octanol–water partition coefficient (Wildman–Crippen LogP) is 4.35. The molecule has 152 valence electrons. The molecule has 2 aliphatic rings. The highest BCUT2D eigenvalue weighted by Crippen LogP contribution is 2.40. The summed E-state index contributed by atoms with van der Waals surface area (Å²) in [5, 5.41) is 12.5. The number of aryl methyl sites for hydroxylation is 1. The zero-order valence-corrected chi connectivity index (χ0v) is 16.6. The lowest BCUT2D eigenvalue weighted by molar-refractivity contribution is -0.143. The van der Waals surface area contributed by atoms with Crippen LogP contribution in [0, 0.1) is 5.92 Å². The molecule has 2 N–H and O–H groups in total. The minimum Gasteiger partial charge on any atom is -0.481 e. The van der Waals surface area contributed by atoms with E-state index in [1.165, 1.54) is 11.1 Å². The number of amides is 2. The third-order valence-corrected chi connectivity index (χ3v) is 6.39. The Morgan fingerprint density at radius 3 is 2.38 bits per heavy atom. The smallest absolute Gasteiger partial charge is 0.317 e. The standard InChI is InChI=1S/C24H28N2O3/c27-23(28)19-13-15-26(16-14-19)24(29)25-22(18-8-2-1-3-9-18)21-12-6-10-17-7-4-5-11-20(17)21/h1-5,7-9,11,19,21-22H,6,10,12-16H2,(H,25,29)(H,27,28). The van der Waals surface area contributed by atoms with Crippen LogP contribution in [0.25, 0.3) is 0 Å². The quantitative estimate of drug-likeness (QED) is 0.812. The van der Waals surface area contributed by atoms with Gasteiger partial charge in [0, 0.05) is 19.0 Å². The summed E-state index contributed by atoms with van der Waals surface area (Å²) in [5.74, 6) is -0.858. The van der Waals surface area contributed by atoms with E-state index in [1.54, 1.807) is 4.90 Å². The number of aliphatic carboxylic acids is 1. The molecular weight excluding hydrogens is 364 g/mol. The summed E-state index contributed by atoms with van der Waals surface area (Å²) in [6.07, 6.45) is 4.28. The summed E-state index contributed by atoms with van der Waals surface area (Å²) in [6, 6.07) is 18.6. The molecule has 1 heterocycles. The molecule has 2 unspecified atom stereocenters. The SMILES string of the molecule is O=C(O)C1CCN(C(=O)NC(c2ccccc2)C2CCCc3ccccc32)CC1. The molecule has 2 aromatic rings. The van der Waals surface area contributed by atoms with Gasteiger partial charge in [0.1, 0.15) is 0 Å². The largest absolute Gasteiger partial charge is 0.481 e. The molecule has 0 spiro atoms. The lowest BCUT2D eigenvalue weighted by Gasteiger charge is -2.36. The summed E-state index contributed by atoms with van der Waals surface area (Å²) in [6.45, 7) is 0.983. The van der Waals surface area contributed by atoms with E-state index >= 15 is 0 Å². The fourth-order valence-corrected chi connectivity index (χ4v) is 4.77. The highest BCUT2D eigenvalue weighted by Gasteiger charge is 2.33. The van der Waals surface area contributed by atoms with Crippen LogP contribution in [0.5, 0.6) is 0 Å². The van der Waals surface area contributed by atoms with Crippen LogP contribution in [0.1, 0.15) is 54.3 Å². The van der Waals surface area contributed by atoms with Gasteiger partial charge >= 0.3 is 12.0 Å². The highest BCUT2D eigenvalue weighted by molar-refractivity contribution is 5.76. The van der Waals surface area contributed by atoms with Crippen molar-refractivity contribution in [3.8, 4) is 0 Å². The second-order valence-electron chi connectivity index (χ2n) is 8.13. The van der Waals surface area contributed by atoms with Crippen LogP contribution >= 0.6 is 0 Å². The zero-order valence-electron chi connectivity index (χ0n) is 16.6. The van der Waals surface area contributed by atoms with Gasteiger partial charge in [-0.05, 0) is 48.8 Å². The number of carboxylic acids is 1. The van der Waals surface area contributed by atoms with Crippen molar-refractivity contribution in [3.63, 3.8) is 0 Å². The molecule has 2 atom stereocenters. The maximum atomic E-state index is 13.1. The molecule has 0 aromatic heterocycles. The van der Waals surface area contributed by atoms with E-state index in [4.69, 9.17) is 0 Å². The first kappa shape index (κ1) is 19.5. The maximum absolute atomic E-state index is 13.1. The van der Waals surface area contributed by atoms with Crippen molar-refractivity contribution < 1.29 is 14.7 Å². The molecule has 1 aliphatic carbocycles. The van der Waals surface area contributed by atoms with Gasteiger partial charge in [0.15, 0.2) is 0 Å². The molecule has 4 rings (SSSR count). The van der Waals surface area contributed by atoms with E-state index in [0.29, 0.717) is 25.9 Å². The van der Waals surface area contributed by atoms with Crippen molar-refractivity contribution in [3.05, 3.63) is 71.3 Å². The lowest BCUT2D eigenvalue weighted by Crippen LogP contribution is -2.47. The molecule has 0 saturated carbocycles. The average molecular weight is 392 g/mol. The highest BCUT2D eigenvalue weighted by atomic mass is 16.4. The first-order valence-electron chi connectivity index (χ1n) is 10.5. The Kier molecular flexibility index (Phi) is 5.84. The predicted molar refractivity (Wildman–Crippen MR) is 112 cm³/mol. The summed E-state index contributed by atoms with van der Waals surface area (Å²) in [4.78, 5) is 26.0. The number of hydrogen-bond acceptors (Lipinski definition) is 2. The van der Waals surface area contributed by atoms with Gasteiger partial charge in [0.2, 0.25) is 0 Å². The number of carbonyl (C=O) groups is 2. The van der Waals surface area contributed by atoms with Crippen LogP contribution < -0.4 is 5.32 Å². The van der Waals surface area contributed by atoms with E-state index in [2.05, 4.69) is 41.7 Å². The lowest BCUT2D eigenvalue weighted by atomic mass is 9.77. The third-order valence-electron chi connectivity index (χ3n) is 6.39. The normalized spacial score (nSPS) is 20.6. The molecule has 1 fully saturated rings. The van der Waals surface area contributed by atoms with Crippen molar-refractivity contribution in [1.82, 2.24) is 10.2 Å². The van der Waals surface area contributed by atoms with Gasteiger partial charge in [-0.1, -0.05) is 54.6 Å². The number of urea groups is 1. The second-order valence-corrected chi connectivity index (χ2v) is 8.13. The number of benzene rings is 2. The number of likely N-dealkylation sites (tertiary alicyclic amines) is 1. The number of piperidine rings is 1. The molecule has 0 bridgehead atoms. The first-order chi connectivity index (χ1) is 14.1. The number of nitrogens with one attached hydrogen (secondary N) is 1. The Labute approximate surface area is 171 Å². The van der Waals surface area contributed by atoms with E-state index < -0.39 is 5.97 Å². The molecule has 1 saturated heterocycles. The maximum Gasteiger partial charge on any atom is 0.317 e. The Bertz CT molecular complexity index is 859. The van der Waals surface area contributed by atoms with Crippen molar-refractivity contribution in [1.29, 1.82) is 0 Å². The fourth-order valence-electron chi connectivity index (χ4n) is 4.77. The molecular formula is C24H28N2O3. The van der Waals surface area contributed by atoms with Gasteiger partial charge in [-0.3, -0.25) is 4.79 Å². The topological polar surface area (TPSA) is 69.6 Å². The molecule has 0 radical (unpaired) electrons. The van der Waals surface area contributed by atoms with Crippen LogP contribution in [0.2, 0.25) is 0 Å². The Balaban J connectivity index is 1.55. The van der Waals surface area contributed by atoms with Crippen molar-refractivity contribution in [2.24, 2.45) is 5.92 Å². The summed E-state index contributed by atoms with van der Waals surface area (Å²) in [5.41, 5.74) is 3.82. The Morgan fingerprint density at radius 1 is 0.966 bits per heavy atom. The molecule has 5 heteroatoms. The molecule has 2 amide bonds. The minimum atomic E-state index is -0.758. The van der Waals surface area contributed by atoms with Crippen molar-refractivity contribution in [2.45, 2.75) is 44.1 Å². The summed E-state index contributed by atoms with van der Waals surface area (Å²) < 4.78 is 0. The number of carbonyl (C=O) groups excluding carboxylic acids is 1. The van der Waals surface area contributed by atoms with Crippen molar-refractivity contribution in [2.75, 3.05) is 13.1 Å². The Hall–Kier alpha value is -2.82. The first-order valence-corrected chi connectivity index (χ1v) is 10.5. The van der Waals surface area contributed by atoms with Crippen LogP contribution in [0.3, 0.4) is 0 Å². The third kappa shape index (κ3) is 4.29. The van der Waals surface area contributed by atoms with Gasteiger partial charge in [0.25, 0.3) is 0 Å². The van der Waals surface area contributed by atoms with Gasteiger partial charge < -0.3 is 15.3 Å². The van der Waals surface area contributed by atoms with Gasteiger partial charge in [-0.2, -0.15) is 0 Å². The summed E-state index contributed by atoms with van der Waals surface area (Å²) >= 11 is 0. The van der Waals surface area contributed by atoms with Crippen molar-refractivity contribution >= 4 is 12.0 Å². The number of nitrogens with zero attached hydrogens (tertiary/aromatic N) is 1. The van der Waals surface area contributed by atoms with Gasteiger partial charge in [-0.25, -0.2) is 4.79 Å². The van der Waals surface area contributed by atoms with E-state index in [1.807, 2.05) is 18.2 Å². The number of carboxylic acid groups (broad SMARTS) is 1. The van der Waals surface area contributed by atoms with Gasteiger partial charge in [0.05, 0.1) is 12.0 Å². The summed E-state index contributed by atoms with van der Waals surface area (Å²) in [7, 11) is 0. The number of fused-ring (bicyclic) bond motifs is 1. The van der Waals surface area contributed by atoms with E-state index in [0.717, 1.165) is 24.8 Å².